The quantitative estimate of drug-likeness (QED) is 0.645. The molecule has 0 N–H and O–H groups in total. The minimum absolute atomic E-state index is 0.293. The molecular formula is C15H24S. The van der Waals surface area contributed by atoms with Crippen LogP contribution < -0.4 is 0 Å². The Morgan fingerprint density at radius 3 is 1.81 bits per heavy atom. The summed E-state index contributed by atoms with van der Waals surface area (Å²) in [6, 6.07) is 9.06. The van der Waals surface area contributed by atoms with Crippen LogP contribution in [-0.2, 0) is 5.41 Å². The Morgan fingerprint density at radius 2 is 1.44 bits per heavy atom. The van der Waals surface area contributed by atoms with Gasteiger partial charge in [0.25, 0.3) is 0 Å². The molecule has 0 saturated carbocycles. The van der Waals surface area contributed by atoms with Crippen LogP contribution in [0.15, 0.2) is 29.2 Å². The number of hydrogen-bond donors (Lipinski definition) is 0. The zero-order valence-electron chi connectivity index (χ0n) is 11.4. The van der Waals surface area contributed by atoms with Crippen LogP contribution in [0.3, 0.4) is 0 Å². The molecule has 0 fully saturated rings. The van der Waals surface area contributed by atoms with Crippen LogP contribution in [0, 0.1) is 0 Å². The molecule has 0 unspecified atom stereocenters. The van der Waals surface area contributed by atoms with E-state index in [0.29, 0.717) is 10.2 Å². The molecule has 0 atom stereocenters. The molecule has 16 heavy (non-hydrogen) atoms. The maximum absolute atomic E-state index is 2.30. The first-order chi connectivity index (χ1) is 7.24. The molecule has 0 bridgehead atoms. The van der Waals surface area contributed by atoms with Crippen molar-refractivity contribution in [2.75, 3.05) is 0 Å². The van der Waals surface area contributed by atoms with Crippen molar-refractivity contribution >= 4 is 11.8 Å². The topological polar surface area (TPSA) is 0 Å². The van der Waals surface area contributed by atoms with Crippen LogP contribution in [0.1, 0.15) is 53.5 Å². The highest BCUT2D eigenvalue weighted by Gasteiger charge is 2.18. The van der Waals surface area contributed by atoms with Crippen LogP contribution in [0.2, 0.25) is 0 Å². The fraction of sp³-hybridized carbons (Fsp3) is 0.600. The first kappa shape index (κ1) is 13.6. The highest BCUT2D eigenvalue weighted by atomic mass is 32.2. The lowest BCUT2D eigenvalue weighted by atomic mass is 9.82. The molecule has 90 valence electrons. The number of benzene rings is 1. The van der Waals surface area contributed by atoms with E-state index in [9.17, 15) is 0 Å². The molecule has 0 heterocycles. The second-order valence-electron chi connectivity index (χ2n) is 5.98. The van der Waals surface area contributed by atoms with Gasteiger partial charge in [-0.3, -0.25) is 0 Å². The van der Waals surface area contributed by atoms with Gasteiger partial charge in [0.15, 0.2) is 0 Å². The summed E-state index contributed by atoms with van der Waals surface area (Å²) in [6.45, 7) is 13.6. The second kappa shape index (κ2) is 4.83. The fourth-order valence-corrected chi connectivity index (χ4v) is 2.51. The molecule has 0 radical (unpaired) electrons. The van der Waals surface area contributed by atoms with E-state index in [-0.39, 0.29) is 0 Å². The smallest absolute Gasteiger partial charge is 0.0122 e. The summed E-state index contributed by atoms with van der Waals surface area (Å²) in [5.41, 5.74) is 1.73. The van der Waals surface area contributed by atoms with Gasteiger partial charge in [-0.25, -0.2) is 0 Å². The average molecular weight is 236 g/mol. The number of thioether (sulfide) groups is 1. The SMILES string of the molecule is CCC(C)(C)c1ccc(SC(C)(C)C)cc1. The molecule has 1 aromatic rings. The summed E-state index contributed by atoms with van der Waals surface area (Å²) in [5.74, 6) is 0. The molecule has 0 saturated heterocycles. The van der Waals surface area contributed by atoms with Gasteiger partial charge in [0.1, 0.15) is 0 Å². The van der Waals surface area contributed by atoms with E-state index in [0.717, 1.165) is 0 Å². The van der Waals surface area contributed by atoms with Crippen LogP contribution in [0.4, 0.5) is 0 Å². The minimum atomic E-state index is 0.293. The largest absolute Gasteiger partial charge is 0.120 e. The van der Waals surface area contributed by atoms with Crippen LogP contribution in [-0.4, -0.2) is 4.75 Å². The summed E-state index contributed by atoms with van der Waals surface area (Å²) in [5, 5.41) is 0. The monoisotopic (exact) mass is 236 g/mol. The lowest BCUT2D eigenvalue weighted by Gasteiger charge is -2.24. The number of rotatable bonds is 3. The first-order valence-electron chi connectivity index (χ1n) is 6.04. The van der Waals surface area contributed by atoms with Gasteiger partial charge in [-0.2, -0.15) is 0 Å². The Labute approximate surface area is 105 Å². The maximum Gasteiger partial charge on any atom is 0.0122 e. The Kier molecular flexibility index (Phi) is 4.12. The lowest BCUT2D eigenvalue weighted by molar-refractivity contribution is 0.506. The Bertz CT molecular complexity index is 327. The first-order valence-corrected chi connectivity index (χ1v) is 6.86. The minimum Gasteiger partial charge on any atom is -0.120 e. The predicted octanol–water partition coefficient (Wildman–Crippen LogP) is 5.26. The summed E-state index contributed by atoms with van der Waals surface area (Å²) in [7, 11) is 0. The summed E-state index contributed by atoms with van der Waals surface area (Å²) in [6.07, 6.45) is 1.18. The summed E-state index contributed by atoms with van der Waals surface area (Å²) >= 11 is 1.93. The molecule has 0 aliphatic carbocycles. The van der Waals surface area contributed by atoms with Crippen LogP contribution in [0.5, 0.6) is 0 Å². The Balaban J connectivity index is 2.84. The van der Waals surface area contributed by atoms with Crippen molar-refractivity contribution in [3.8, 4) is 0 Å². The van der Waals surface area contributed by atoms with E-state index >= 15 is 0 Å². The third kappa shape index (κ3) is 3.86. The molecule has 0 aliphatic heterocycles. The van der Waals surface area contributed by atoms with E-state index < -0.39 is 0 Å². The van der Waals surface area contributed by atoms with Crippen molar-refractivity contribution in [3.63, 3.8) is 0 Å². The van der Waals surface area contributed by atoms with Gasteiger partial charge in [0.2, 0.25) is 0 Å². The molecule has 0 nitrogen and oxygen atoms in total. The van der Waals surface area contributed by atoms with E-state index in [1.807, 2.05) is 11.8 Å². The van der Waals surface area contributed by atoms with Crippen molar-refractivity contribution in [2.45, 2.75) is 63.0 Å². The van der Waals surface area contributed by atoms with E-state index in [1.165, 1.54) is 16.9 Å². The van der Waals surface area contributed by atoms with Gasteiger partial charge in [-0.15, -0.1) is 11.8 Å². The third-order valence-corrected chi connectivity index (χ3v) is 4.06. The molecular weight excluding hydrogens is 212 g/mol. The summed E-state index contributed by atoms with van der Waals surface area (Å²) in [4.78, 5) is 1.36. The molecule has 1 aromatic carbocycles. The average Bonchev–Trinajstić information content (AvgIpc) is 2.16. The zero-order valence-corrected chi connectivity index (χ0v) is 12.2. The zero-order chi connectivity index (χ0) is 12.4. The summed E-state index contributed by atoms with van der Waals surface area (Å²) < 4.78 is 0.293. The Morgan fingerprint density at radius 1 is 0.938 bits per heavy atom. The fourth-order valence-electron chi connectivity index (χ4n) is 1.53. The third-order valence-electron chi connectivity index (χ3n) is 2.94. The molecule has 0 aromatic heterocycles. The maximum atomic E-state index is 2.30. The molecule has 0 amide bonds. The van der Waals surface area contributed by atoms with Gasteiger partial charge in [0.05, 0.1) is 0 Å². The van der Waals surface area contributed by atoms with Gasteiger partial charge in [-0.1, -0.05) is 53.7 Å². The van der Waals surface area contributed by atoms with Crippen molar-refractivity contribution in [3.05, 3.63) is 29.8 Å². The van der Waals surface area contributed by atoms with Crippen molar-refractivity contribution in [2.24, 2.45) is 0 Å². The predicted molar refractivity (Wildman–Crippen MR) is 75.4 cm³/mol. The lowest BCUT2D eigenvalue weighted by Crippen LogP contribution is -2.15. The highest BCUT2D eigenvalue weighted by molar-refractivity contribution is 8.00. The van der Waals surface area contributed by atoms with E-state index in [4.69, 9.17) is 0 Å². The van der Waals surface area contributed by atoms with Crippen molar-refractivity contribution in [1.82, 2.24) is 0 Å². The van der Waals surface area contributed by atoms with Gasteiger partial charge in [0, 0.05) is 9.64 Å². The van der Waals surface area contributed by atoms with Gasteiger partial charge in [-0.05, 0) is 29.5 Å². The second-order valence-corrected chi connectivity index (χ2v) is 7.88. The van der Waals surface area contributed by atoms with Crippen molar-refractivity contribution < 1.29 is 0 Å². The number of hydrogen-bond acceptors (Lipinski definition) is 1. The molecule has 0 aliphatic rings. The van der Waals surface area contributed by atoms with Gasteiger partial charge >= 0.3 is 0 Å². The Hall–Kier alpha value is -0.430. The van der Waals surface area contributed by atoms with Crippen LogP contribution in [0.25, 0.3) is 0 Å². The van der Waals surface area contributed by atoms with E-state index in [2.05, 4.69) is 65.8 Å². The highest BCUT2D eigenvalue weighted by Crippen LogP contribution is 2.34. The van der Waals surface area contributed by atoms with E-state index in [1.54, 1.807) is 0 Å². The standard InChI is InChI=1S/C15H24S/c1-7-15(5,6)12-8-10-13(11-9-12)16-14(2,3)4/h8-11H,7H2,1-6H3. The van der Waals surface area contributed by atoms with Crippen molar-refractivity contribution in [1.29, 1.82) is 0 Å². The normalized spacial score (nSPS) is 12.9. The van der Waals surface area contributed by atoms with Gasteiger partial charge < -0.3 is 0 Å². The molecule has 1 heteroatoms. The van der Waals surface area contributed by atoms with Crippen LogP contribution >= 0.6 is 11.8 Å². The molecule has 1 rings (SSSR count). The molecule has 0 spiro atoms.